The maximum absolute atomic E-state index is 9.93. The molecule has 0 aliphatic carbocycles. The summed E-state index contributed by atoms with van der Waals surface area (Å²) in [5.74, 6) is 1.01. The van der Waals surface area contributed by atoms with E-state index in [4.69, 9.17) is 0 Å². The number of aryl methyl sites for hydroxylation is 2. The highest BCUT2D eigenvalue weighted by atomic mass is 16.3. The van der Waals surface area contributed by atoms with Gasteiger partial charge in [0.05, 0.1) is 6.10 Å². The zero-order valence-corrected chi connectivity index (χ0v) is 9.95. The van der Waals surface area contributed by atoms with E-state index in [1.807, 2.05) is 29.9 Å². The molecular weight excluding hydrogens is 214 g/mol. The molecule has 1 unspecified atom stereocenters. The molecule has 0 fully saturated rings. The second kappa shape index (κ2) is 5.59. The monoisotopic (exact) mass is 231 g/mol. The molecule has 1 N–H and O–H groups in total. The van der Waals surface area contributed by atoms with Crippen LogP contribution in [0, 0.1) is 0 Å². The zero-order chi connectivity index (χ0) is 12.1. The fourth-order valence-corrected chi connectivity index (χ4v) is 1.83. The number of pyridine rings is 1. The second-order valence-electron chi connectivity index (χ2n) is 4.21. The van der Waals surface area contributed by atoms with E-state index in [2.05, 4.69) is 9.97 Å². The molecule has 2 aromatic heterocycles. The van der Waals surface area contributed by atoms with Crippen LogP contribution in [0.5, 0.6) is 0 Å². The average molecular weight is 231 g/mol. The molecule has 0 saturated heterocycles. The first kappa shape index (κ1) is 11.8. The molecule has 0 bridgehead atoms. The SMILES string of the molecule is Cn1ccnc1CCC(O)Cc1cccnc1. The summed E-state index contributed by atoms with van der Waals surface area (Å²) >= 11 is 0. The van der Waals surface area contributed by atoms with E-state index in [1.165, 1.54) is 0 Å². The van der Waals surface area contributed by atoms with Gasteiger partial charge in [-0.15, -0.1) is 0 Å². The van der Waals surface area contributed by atoms with Gasteiger partial charge in [0.15, 0.2) is 0 Å². The molecule has 2 rings (SSSR count). The predicted molar refractivity (Wildman–Crippen MR) is 65.5 cm³/mol. The van der Waals surface area contributed by atoms with Crippen LogP contribution in [0.15, 0.2) is 36.9 Å². The Bertz CT molecular complexity index is 453. The molecule has 1 atom stereocenters. The summed E-state index contributed by atoms with van der Waals surface area (Å²) in [6.45, 7) is 0. The van der Waals surface area contributed by atoms with Crippen LogP contribution in [0.1, 0.15) is 17.8 Å². The number of rotatable bonds is 5. The highest BCUT2D eigenvalue weighted by Gasteiger charge is 2.08. The quantitative estimate of drug-likeness (QED) is 0.845. The van der Waals surface area contributed by atoms with E-state index in [0.717, 1.165) is 24.2 Å². The minimum absolute atomic E-state index is 0.337. The lowest BCUT2D eigenvalue weighted by molar-refractivity contribution is 0.164. The van der Waals surface area contributed by atoms with Gasteiger partial charge in [-0.25, -0.2) is 4.98 Å². The number of aliphatic hydroxyl groups is 1. The summed E-state index contributed by atoms with van der Waals surface area (Å²) in [7, 11) is 1.97. The van der Waals surface area contributed by atoms with Crippen molar-refractivity contribution in [2.75, 3.05) is 0 Å². The minimum atomic E-state index is -0.337. The van der Waals surface area contributed by atoms with Crippen LogP contribution in [0.25, 0.3) is 0 Å². The van der Waals surface area contributed by atoms with Crippen molar-refractivity contribution in [2.45, 2.75) is 25.4 Å². The molecule has 0 aromatic carbocycles. The van der Waals surface area contributed by atoms with E-state index in [1.54, 1.807) is 18.6 Å². The van der Waals surface area contributed by atoms with Crippen molar-refractivity contribution >= 4 is 0 Å². The number of aromatic nitrogens is 3. The van der Waals surface area contributed by atoms with Crippen LogP contribution < -0.4 is 0 Å². The topological polar surface area (TPSA) is 50.9 Å². The molecule has 0 amide bonds. The van der Waals surface area contributed by atoms with Crippen LogP contribution in [0.2, 0.25) is 0 Å². The molecule has 17 heavy (non-hydrogen) atoms. The summed E-state index contributed by atoms with van der Waals surface area (Å²) < 4.78 is 1.98. The third-order valence-corrected chi connectivity index (χ3v) is 2.82. The predicted octanol–water partition coefficient (Wildman–Crippen LogP) is 1.35. The molecule has 0 radical (unpaired) electrons. The van der Waals surface area contributed by atoms with Crippen LogP contribution in [0.4, 0.5) is 0 Å². The lowest BCUT2D eigenvalue weighted by Gasteiger charge is -2.10. The molecule has 4 heteroatoms. The highest BCUT2D eigenvalue weighted by Crippen LogP contribution is 2.07. The Kier molecular flexibility index (Phi) is 3.88. The lowest BCUT2D eigenvalue weighted by atomic mass is 10.1. The van der Waals surface area contributed by atoms with E-state index >= 15 is 0 Å². The third-order valence-electron chi connectivity index (χ3n) is 2.82. The van der Waals surface area contributed by atoms with Gasteiger partial charge in [0.1, 0.15) is 5.82 Å². The maximum atomic E-state index is 9.93. The number of nitrogens with zero attached hydrogens (tertiary/aromatic N) is 3. The summed E-state index contributed by atoms with van der Waals surface area (Å²) in [5.41, 5.74) is 1.07. The van der Waals surface area contributed by atoms with Gasteiger partial charge < -0.3 is 9.67 Å². The van der Waals surface area contributed by atoms with Gasteiger partial charge in [0.2, 0.25) is 0 Å². The summed E-state index contributed by atoms with van der Waals surface area (Å²) in [6, 6.07) is 3.87. The van der Waals surface area contributed by atoms with E-state index in [9.17, 15) is 5.11 Å². The van der Waals surface area contributed by atoms with Gasteiger partial charge in [-0.1, -0.05) is 6.07 Å². The van der Waals surface area contributed by atoms with E-state index in [0.29, 0.717) is 6.42 Å². The number of aliphatic hydroxyl groups excluding tert-OH is 1. The Hall–Kier alpha value is -1.68. The van der Waals surface area contributed by atoms with Crippen LogP contribution >= 0.6 is 0 Å². The smallest absolute Gasteiger partial charge is 0.108 e. The number of imidazole rings is 1. The highest BCUT2D eigenvalue weighted by molar-refractivity contribution is 5.09. The Morgan fingerprint density at radius 3 is 2.94 bits per heavy atom. The number of hydrogen-bond donors (Lipinski definition) is 1. The normalized spacial score (nSPS) is 12.6. The van der Waals surface area contributed by atoms with Gasteiger partial charge >= 0.3 is 0 Å². The summed E-state index contributed by atoms with van der Waals surface area (Å²) in [4.78, 5) is 8.27. The molecule has 0 aliphatic heterocycles. The molecule has 0 aliphatic rings. The van der Waals surface area contributed by atoms with Crippen LogP contribution in [0.3, 0.4) is 0 Å². The molecule has 2 aromatic rings. The van der Waals surface area contributed by atoms with E-state index in [-0.39, 0.29) is 6.10 Å². The molecule has 2 heterocycles. The van der Waals surface area contributed by atoms with Gasteiger partial charge in [-0.2, -0.15) is 0 Å². The van der Waals surface area contributed by atoms with Crippen molar-refractivity contribution in [3.63, 3.8) is 0 Å². The third kappa shape index (κ3) is 3.39. The first-order chi connectivity index (χ1) is 8.25. The Morgan fingerprint density at radius 2 is 2.29 bits per heavy atom. The Morgan fingerprint density at radius 1 is 1.41 bits per heavy atom. The van der Waals surface area contributed by atoms with E-state index < -0.39 is 0 Å². The first-order valence-corrected chi connectivity index (χ1v) is 5.79. The zero-order valence-electron chi connectivity index (χ0n) is 9.95. The van der Waals surface area contributed by atoms with Crippen LogP contribution in [-0.4, -0.2) is 25.7 Å². The van der Waals surface area contributed by atoms with Crippen molar-refractivity contribution in [1.82, 2.24) is 14.5 Å². The fraction of sp³-hybridized carbons (Fsp3) is 0.385. The van der Waals surface area contributed by atoms with Gasteiger partial charge in [-0.3, -0.25) is 4.98 Å². The second-order valence-corrected chi connectivity index (χ2v) is 4.21. The number of hydrogen-bond acceptors (Lipinski definition) is 3. The minimum Gasteiger partial charge on any atom is -0.393 e. The molecule has 4 nitrogen and oxygen atoms in total. The van der Waals surface area contributed by atoms with Crippen molar-refractivity contribution in [3.8, 4) is 0 Å². The van der Waals surface area contributed by atoms with Crippen LogP contribution in [-0.2, 0) is 19.9 Å². The van der Waals surface area contributed by atoms with Gasteiger partial charge in [0, 0.05) is 38.3 Å². The van der Waals surface area contributed by atoms with Crippen molar-refractivity contribution < 1.29 is 5.11 Å². The molecule has 0 saturated carbocycles. The van der Waals surface area contributed by atoms with Crippen molar-refractivity contribution in [3.05, 3.63) is 48.3 Å². The van der Waals surface area contributed by atoms with Crippen molar-refractivity contribution in [1.29, 1.82) is 0 Å². The molecule has 0 spiro atoms. The largest absolute Gasteiger partial charge is 0.393 e. The Balaban J connectivity index is 1.82. The molecular formula is C13H17N3O. The standard InChI is InChI=1S/C13H17N3O/c1-16-8-7-15-13(16)5-4-12(17)9-11-3-2-6-14-10-11/h2-3,6-8,10,12,17H,4-5,9H2,1H3. The first-order valence-electron chi connectivity index (χ1n) is 5.79. The maximum Gasteiger partial charge on any atom is 0.108 e. The van der Waals surface area contributed by atoms with Gasteiger partial charge in [0.25, 0.3) is 0 Å². The summed E-state index contributed by atoms with van der Waals surface area (Å²) in [5, 5.41) is 9.93. The van der Waals surface area contributed by atoms with Gasteiger partial charge in [-0.05, 0) is 24.5 Å². The summed E-state index contributed by atoms with van der Waals surface area (Å²) in [6.07, 6.45) is 9.07. The lowest BCUT2D eigenvalue weighted by Crippen LogP contribution is -2.13. The molecule has 90 valence electrons. The average Bonchev–Trinajstić information content (AvgIpc) is 2.74. The Labute approximate surface area is 101 Å². The fourth-order valence-electron chi connectivity index (χ4n) is 1.83. The van der Waals surface area contributed by atoms with Crippen molar-refractivity contribution in [2.24, 2.45) is 7.05 Å².